The van der Waals surface area contributed by atoms with Gasteiger partial charge in [-0.25, -0.2) is 16.8 Å². The minimum Gasteiger partial charge on any atom is -0.459 e. The van der Waals surface area contributed by atoms with Crippen LogP contribution in [-0.2, 0) is 56.3 Å². The molecule has 5 rings (SSSR count). The van der Waals surface area contributed by atoms with Crippen LogP contribution in [0.1, 0.15) is 91.2 Å². The highest BCUT2D eigenvalue weighted by Crippen LogP contribution is 2.39. The molecule has 0 N–H and O–H groups in total. The van der Waals surface area contributed by atoms with E-state index in [0.29, 0.717) is 39.1 Å². The van der Waals surface area contributed by atoms with Gasteiger partial charge in [0.25, 0.3) is 0 Å². The summed E-state index contributed by atoms with van der Waals surface area (Å²) < 4.78 is 141. The summed E-state index contributed by atoms with van der Waals surface area (Å²) >= 11 is 0. The molecule has 1 aliphatic heterocycles. The first-order valence-corrected chi connectivity index (χ1v) is 25.7. The van der Waals surface area contributed by atoms with Gasteiger partial charge in [0.2, 0.25) is 0 Å². The minimum absolute atomic E-state index is 0.0147. The van der Waals surface area contributed by atoms with E-state index in [0.717, 1.165) is 33.4 Å². The molecule has 4 aromatic rings. The van der Waals surface area contributed by atoms with Crippen LogP contribution in [0.3, 0.4) is 0 Å². The number of methoxy groups -OCH3 is 1. The number of aryl methyl sites for hydroxylation is 2. The normalized spacial score (nSPS) is 14.9. The van der Waals surface area contributed by atoms with Gasteiger partial charge in [0.15, 0.2) is 30.2 Å². The van der Waals surface area contributed by atoms with Crippen LogP contribution >= 0.6 is 0 Å². The largest absolute Gasteiger partial charge is 0.459 e. The molecule has 0 radical (unpaired) electrons. The lowest BCUT2D eigenvalue weighted by Crippen LogP contribution is -2.56. The van der Waals surface area contributed by atoms with E-state index in [9.17, 15) is 52.8 Å². The van der Waals surface area contributed by atoms with E-state index in [4.69, 9.17) is 14.2 Å². The van der Waals surface area contributed by atoms with Crippen molar-refractivity contribution in [2.24, 2.45) is 0 Å². The Balaban J connectivity index is 0.000000311. The second kappa shape index (κ2) is 23.4. The van der Waals surface area contributed by atoms with Gasteiger partial charge in [-0.1, -0.05) is 72.8 Å². The molecule has 1 fully saturated rings. The van der Waals surface area contributed by atoms with Crippen molar-refractivity contribution in [1.29, 1.82) is 0 Å². The Hall–Kier alpha value is -4.78. The monoisotopic (exact) mass is 1010 g/mol. The number of halogens is 6. The smallest absolute Gasteiger partial charge is 0.389 e. The third-order valence-corrected chi connectivity index (χ3v) is 15.2. The van der Waals surface area contributed by atoms with Crippen molar-refractivity contribution in [3.8, 4) is 22.3 Å². The molecule has 0 aliphatic carbocycles. The van der Waals surface area contributed by atoms with Gasteiger partial charge < -0.3 is 19.1 Å². The molecule has 18 heteroatoms. The Morgan fingerprint density at radius 2 is 0.957 bits per heavy atom. The maximum absolute atomic E-state index is 14.0. The van der Waals surface area contributed by atoms with Crippen molar-refractivity contribution in [2.45, 2.75) is 131 Å². The molecule has 0 aromatic heterocycles. The molecular weight excluding hydrogens is 949 g/mol. The molecule has 0 atom stereocenters. The first-order valence-electron chi connectivity index (χ1n) is 22.6. The molecule has 10 nitrogen and oxygen atoms in total. The van der Waals surface area contributed by atoms with E-state index < -0.39 is 78.5 Å². The molecule has 0 unspecified atom stereocenters. The highest BCUT2D eigenvalue weighted by molar-refractivity contribution is 7.93. The highest BCUT2D eigenvalue weighted by Gasteiger charge is 2.55. The number of benzene rings is 4. The first-order chi connectivity index (χ1) is 31.9. The summed E-state index contributed by atoms with van der Waals surface area (Å²) in [6.07, 6.45) is -8.98. The summed E-state index contributed by atoms with van der Waals surface area (Å²) in [5, 5.41) is 0. The number of esters is 2. The zero-order valence-corrected chi connectivity index (χ0v) is 41.8. The fraction of sp³-hybridized carbons (Fsp3) is 0.490. The third kappa shape index (κ3) is 17.8. The topological polar surface area (TPSA) is 133 Å². The zero-order valence-electron chi connectivity index (χ0n) is 40.1. The van der Waals surface area contributed by atoms with Gasteiger partial charge in [0, 0.05) is 39.6 Å². The summed E-state index contributed by atoms with van der Waals surface area (Å²) in [5.74, 6) is -2.28. The average Bonchev–Trinajstić information content (AvgIpc) is 3.24. The number of nitrogens with zero attached hydrogens (tertiary/aromatic N) is 1. The quantitative estimate of drug-likeness (QED) is 0.0743. The standard InChI is InChI=1S/C29H38F3NO5S.C22H25F3O4S/c1-27(2,3)38-26(34)28(16-18-33(19-17-28)20-21-37-4)39(35,36)25-13-11-24(12-14-25)23-9-7-22(8-10-23)6-5-15-29(30,31)32;1-21(2,3)29-20(26)15-30(27,28)19-12-10-18(11-13-19)17-8-6-16(7-9-17)5-4-14-22(23,24)25/h7-14H,5-6,15-21H2,1-4H3;6-13H,4-5,14-15H2,1-3H3. The lowest BCUT2D eigenvalue weighted by atomic mass is 9.95. The summed E-state index contributed by atoms with van der Waals surface area (Å²) in [7, 11) is -6.31. The third-order valence-electron chi connectivity index (χ3n) is 11.1. The highest BCUT2D eigenvalue weighted by atomic mass is 32.2. The first kappa shape index (κ1) is 56.8. The van der Waals surface area contributed by atoms with Crippen molar-refractivity contribution in [3.63, 3.8) is 0 Å². The molecule has 1 aliphatic rings. The van der Waals surface area contributed by atoms with Gasteiger partial charge in [-0.15, -0.1) is 0 Å². The SMILES string of the molecule is CC(C)(C)OC(=O)CS(=O)(=O)c1ccc(-c2ccc(CCCC(F)(F)F)cc2)cc1.COCCN1CCC(C(=O)OC(C)(C)C)(S(=O)(=O)c2ccc(-c3ccc(CCCC(F)(F)F)cc3)cc2)CC1. The van der Waals surface area contributed by atoms with Crippen LogP contribution in [0.5, 0.6) is 0 Å². The number of rotatable bonds is 17. The number of piperidine rings is 1. The number of ether oxygens (including phenoxy) is 3. The molecule has 380 valence electrons. The van der Waals surface area contributed by atoms with Crippen LogP contribution in [-0.4, -0.2) is 101 Å². The predicted molar refractivity (Wildman–Crippen MR) is 253 cm³/mol. The molecule has 4 aromatic carbocycles. The molecule has 0 saturated carbocycles. The maximum atomic E-state index is 14.0. The van der Waals surface area contributed by atoms with E-state index in [2.05, 4.69) is 4.90 Å². The molecule has 69 heavy (non-hydrogen) atoms. The number of hydrogen-bond donors (Lipinski definition) is 0. The van der Waals surface area contributed by atoms with Crippen molar-refractivity contribution in [2.75, 3.05) is 39.1 Å². The Morgan fingerprint density at radius 3 is 1.32 bits per heavy atom. The number of carbonyl (C=O) groups excluding carboxylic acids is 2. The van der Waals surface area contributed by atoms with E-state index >= 15 is 0 Å². The lowest BCUT2D eigenvalue weighted by molar-refractivity contribution is -0.159. The molecule has 0 spiro atoms. The Kier molecular flexibility index (Phi) is 19.3. The van der Waals surface area contributed by atoms with Crippen molar-refractivity contribution < 1.29 is 67.0 Å². The van der Waals surface area contributed by atoms with Gasteiger partial charge in [-0.2, -0.15) is 26.3 Å². The van der Waals surface area contributed by atoms with Crippen LogP contribution in [0.25, 0.3) is 22.3 Å². The lowest BCUT2D eigenvalue weighted by Gasteiger charge is -2.40. The minimum atomic E-state index is -4.16. The van der Waals surface area contributed by atoms with Crippen molar-refractivity contribution in [3.05, 3.63) is 108 Å². The number of carbonyl (C=O) groups is 2. The van der Waals surface area contributed by atoms with Crippen LogP contribution in [0, 0.1) is 0 Å². The molecular formula is C51H63F6NO9S2. The zero-order chi connectivity index (χ0) is 51.5. The number of hydrogen-bond acceptors (Lipinski definition) is 10. The number of alkyl halides is 6. The summed E-state index contributed by atoms with van der Waals surface area (Å²) in [5.41, 5.74) is 3.14. The van der Waals surface area contributed by atoms with Gasteiger partial charge >= 0.3 is 24.3 Å². The van der Waals surface area contributed by atoms with E-state index in [1.165, 1.54) is 24.3 Å². The fourth-order valence-electron chi connectivity index (χ4n) is 7.54. The second-order valence-corrected chi connectivity index (χ2v) is 23.3. The van der Waals surface area contributed by atoms with Gasteiger partial charge in [-0.3, -0.25) is 9.59 Å². The second-order valence-electron chi connectivity index (χ2n) is 19.1. The maximum Gasteiger partial charge on any atom is 0.389 e. The molecule has 0 amide bonds. The molecule has 1 heterocycles. The van der Waals surface area contributed by atoms with Gasteiger partial charge in [0.05, 0.1) is 16.4 Å². The van der Waals surface area contributed by atoms with Gasteiger partial charge in [-0.05, 0) is 138 Å². The predicted octanol–water partition coefficient (Wildman–Crippen LogP) is 11.2. The number of sulfone groups is 2. The van der Waals surface area contributed by atoms with Crippen molar-refractivity contribution >= 4 is 31.6 Å². The molecule has 0 bridgehead atoms. The van der Waals surface area contributed by atoms with E-state index in [-0.39, 0.29) is 35.5 Å². The summed E-state index contributed by atoms with van der Waals surface area (Å²) in [6.45, 7) is 12.2. The Morgan fingerprint density at radius 1 is 0.580 bits per heavy atom. The van der Waals surface area contributed by atoms with Gasteiger partial charge in [0.1, 0.15) is 11.2 Å². The fourth-order valence-corrected chi connectivity index (χ4v) is 10.6. The average molecular weight is 1010 g/mol. The van der Waals surface area contributed by atoms with E-state index in [1.54, 1.807) is 109 Å². The van der Waals surface area contributed by atoms with Crippen LogP contribution in [0.15, 0.2) is 107 Å². The van der Waals surface area contributed by atoms with Crippen LogP contribution in [0.2, 0.25) is 0 Å². The van der Waals surface area contributed by atoms with Crippen molar-refractivity contribution in [1.82, 2.24) is 4.90 Å². The summed E-state index contributed by atoms with van der Waals surface area (Å²) in [4.78, 5) is 27.4. The van der Waals surface area contributed by atoms with E-state index in [1.807, 2.05) is 12.1 Å². The Bertz CT molecular complexity index is 2510. The number of likely N-dealkylation sites (tertiary alicyclic amines) is 1. The summed E-state index contributed by atoms with van der Waals surface area (Å²) in [6, 6.07) is 26.8. The Labute approximate surface area is 402 Å². The molecule has 1 saturated heterocycles. The van der Waals surface area contributed by atoms with Crippen LogP contribution < -0.4 is 0 Å². The van der Waals surface area contributed by atoms with Crippen LogP contribution in [0.4, 0.5) is 26.3 Å².